The molecule has 0 fully saturated rings. The van der Waals surface area contributed by atoms with E-state index in [1.165, 1.54) is 36.4 Å². The molecule has 4 aromatic carbocycles. The number of carbonyl (C=O) groups excluding carboxylic acids is 3. The van der Waals surface area contributed by atoms with Gasteiger partial charge in [-0.1, -0.05) is 36.4 Å². The van der Waals surface area contributed by atoms with Crippen LogP contribution in [0.15, 0.2) is 114 Å². The third-order valence-corrected chi connectivity index (χ3v) is 7.33. The number of thioether (sulfide) groups is 1. The Kier molecular flexibility index (Phi) is 10.4. The molecule has 0 aliphatic carbocycles. The minimum atomic E-state index is -4.54. The summed E-state index contributed by atoms with van der Waals surface area (Å²) in [6.07, 6.45) is -3.33. The molecule has 45 heavy (non-hydrogen) atoms. The second-order valence-corrected chi connectivity index (χ2v) is 10.9. The molecule has 9 nitrogen and oxygen atoms in total. The fourth-order valence-corrected chi connectivity index (χ4v) is 4.83. The van der Waals surface area contributed by atoms with Gasteiger partial charge in [0.2, 0.25) is 5.91 Å². The largest absolute Gasteiger partial charge is 0.416 e. The topological polar surface area (TPSA) is 130 Å². The zero-order valence-electron chi connectivity index (χ0n) is 23.5. The fraction of sp³-hybridized carbons (Fsp3) is 0.0938. The van der Waals surface area contributed by atoms with E-state index in [2.05, 4.69) is 16.0 Å². The lowest BCUT2D eigenvalue weighted by atomic mass is 10.1. The second-order valence-electron chi connectivity index (χ2n) is 9.50. The Morgan fingerprint density at radius 2 is 1.51 bits per heavy atom. The number of para-hydroxylation sites is 1. The Balaban J connectivity index is 1.46. The van der Waals surface area contributed by atoms with Crippen molar-refractivity contribution in [1.29, 1.82) is 0 Å². The molecule has 0 bridgehead atoms. The summed E-state index contributed by atoms with van der Waals surface area (Å²) < 4.78 is 39.0. The van der Waals surface area contributed by atoms with E-state index in [0.717, 1.165) is 23.9 Å². The molecule has 0 saturated carbocycles. The fourth-order valence-electron chi connectivity index (χ4n) is 3.96. The predicted octanol–water partition coefficient (Wildman–Crippen LogP) is 7.14. The monoisotopic (exact) mass is 634 g/mol. The van der Waals surface area contributed by atoms with Crippen LogP contribution in [0.4, 0.5) is 30.2 Å². The van der Waals surface area contributed by atoms with Gasteiger partial charge >= 0.3 is 6.18 Å². The Labute approximate surface area is 259 Å². The van der Waals surface area contributed by atoms with E-state index < -0.39 is 39.6 Å². The maximum Gasteiger partial charge on any atom is 0.416 e. The molecule has 13 heteroatoms. The van der Waals surface area contributed by atoms with Crippen molar-refractivity contribution in [2.24, 2.45) is 0 Å². The van der Waals surface area contributed by atoms with Crippen molar-refractivity contribution in [3.05, 3.63) is 136 Å². The summed E-state index contributed by atoms with van der Waals surface area (Å²) in [6.45, 7) is 1.60. The highest BCUT2D eigenvalue weighted by molar-refractivity contribution is 8.00. The molecule has 0 saturated heterocycles. The number of hydrogen-bond donors (Lipinski definition) is 3. The van der Waals surface area contributed by atoms with Gasteiger partial charge in [0.25, 0.3) is 17.5 Å². The first-order valence-corrected chi connectivity index (χ1v) is 14.2. The molecule has 1 atom stereocenters. The Morgan fingerprint density at radius 1 is 0.844 bits per heavy atom. The van der Waals surface area contributed by atoms with Gasteiger partial charge in [-0.25, -0.2) is 0 Å². The summed E-state index contributed by atoms with van der Waals surface area (Å²) in [5.74, 6) is -1.85. The van der Waals surface area contributed by atoms with Gasteiger partial charge < -0.3 is 16.0 Å². The molecule has 0 spiro atoms. The van der Waals surface area contributed by atoms with Gasteiger partial charge in [-0.15, -0.1) is 11.8 Å². The summed E-state index contributed by atoms with van der Waals surface area (Å²) in [6, 6.07) is 24.6. The zero-order chi connectivity index (χ0) is 32.6. The summed E-state index contributed by atoms with van der Waals surface area (Å²) in [4.78, 5) is 50.3. The van der Waals surface area contributed by atoms with Crippen LogP contribution >= 0.6 is 11.8 Å². The Bertz CT molecular complexity index is 1750. The number of nitro groups is 1. The van der Waals surface area contributed by atoms with Crippen LogP contribution in [0.1, 0.15) is 28.4 Å². The van der Waals surface area contributed by atoms with Crippen LogP contribution in [0.3, 0.4) is 0 Å². The van der Waals surface area contributed by atoms with Gasteiger partial charge in [-0.2, -0.15) is 13.2 Å². The highest BCUT2D eigenvalue weighted by Gasteiger charge is 2.30. The van der Waals surface area contributed by atoms with E-state index in [-0.39, 0.29) is 28.2 Å². The van der Waals surface area contributed by atoms with Crippen molar-refractivity contribution in [3.8, 4) is 0 Å². The second kappa shape index (κ2) is 14.4. The number of nitrogens with one attached hydrogen (secondary N) is 3. The molecule has 4 rings (SSSR count). The first-order valence-electron chi connectivity index (χ1n) is 13.3. The van der Waals surface area contributed by atoms with Crippen molar-refractivity contribution in [1.82, 2.24) is 5.32 Å². The molecule has 0 aliphatic heterocycles. The van der Waals surface area contributed by atoms with Gasteiger partial charge in [0.15, 0.2) is 0 Å². The average molecular weight is 635 g/mol. The SMILES string of the molecule is CC(Sc1ccc(NC(=O)/C(=C/c2ccccc2[N+](=O)[O-])NC(=O)c2ccccc2)cc1)C(=O)Nc1cccc(C(F)(F)F)c1. The normalized spacial score (nSPS) is 12.1. The number of carbonyl (C=O) groups is 3. The first-order chi connectivity index (χ1) is 21.4. The number of rotatable bonds is 10. The number of nitrogens with zero attached hydrogens (tertiary/aromatic N) is 1. The average Bonchev–Trinajstić information content (AvgIpc) is 3.02. The molecule has 4 aromatic rings. The van der Waals surface area contributed by atoms with Gasteiger partial charge in [-0.05, 0) is 73.7 Å². The van der Waals surface area contributed by atoms with Crippen molar-refractivity contribution < 1.29 is 32.5 Å². The molecule has 0 aromatic heterocycles. The lowest BCUT2D eigenvalue weighted by Gasteiger charge is -2.14. The smallest absolute Gasteiger partial charge is 0.325 e. The van der Waals surface area contributed by atoms with Crippen LogP contribution in [-0.2, 0) is 15.8 Å². The minimum absolute atomic E-state index is 0.0179. The first kappa shape index (κ1) is 32.5. The summed E-state index contributed by atoms with van der Waals surface area (Å²) in [7, 11) is 0. The van der Waals surface area contributed by atoms with E-state index >= 15 is 0 Å². The molecular formula is C32H25F3N4O5S. The predicted molar refractivity (Wildman–Crippen MR) is 165 cm³/mol. The van der Waals surface area contributed by atoms with E-state index in [9.17, 15) is 37.7 Å². The maximum absolute atomic E-state index is 13.3. The van der Waals surface area contributed by atoms with Crippen molar-refractivity contribution >= 4 is 52.6 Å². The summed E-state index contributed by atoms with van der Waals surface area (Å²) >= 11 is 1.15. The van der Waals surface area contributed by atoms with Crippen molar-refractivity contribution in [2.45, 2.75) is 23.2 Å². The van der Waals surface area contributed by atoms with Crippen molar-refractivity contribution in [3.63, 3.8) is 0 Å². The molecule has 230 valence electrons. The van der Waals surface area contributed by atoms with Gasteiger partial charge in [0.1, 0.15) is 5.70 Å². The zero-order valence-corrected chi connectivity index (χ0v) is 24.3. The number of amides is 3. The molecule has 1 unspecified atom stereocenters. The van der Waals surface area contributed by atoms with E-state index in [0.29, 0.717) is 10.6 Å². The minimum Gasteiger partial charge on any atom is -0.325 e. The van der Waals surface area contributed by atoms with E-state index in [1.807, 2.05) is 0 Å². The Hall–Kier alpha value is -5.43. The maximum atomic E-state index is 13.3. The number of hydrogen-bond acceptors (Lipinski definition) is 6. The van der Waals surface area contributed by atoms with Crippen LogP contribution in [0.25, 0.3) is 6.08 Å². The molecule has 3 amide bonds. The van der Waals surface area contributed by atoms with Gasteiger partial charge in [-0.3, -0.25) is 24.5 Å². The van der Waals surface area contributed by atoms with Crippen LogP contribution in [-0.4, -0.2) is 27.9 Å². The van der Waals surface area contributed by atoms with Crippen LogP contribution < -0.4 is 16.0 Å². The highest BCUT2D eigenvalue weighted by atomic mass is 32.2. The van der Waals surface area contributed by atoms with Gasteiger partial charge in [0.05, 0.1) is 21.3 Å². The van der Waals surface area contributed by atoms with Crippen LogP contribution in [0.5, 0.6) is 0 Å². The molecule has 0 heterocycles. The third kappa shape index (κ3) is 9.03. The number of benzene rings is 4. The number of anilines is 2. The lowest BCUT2D eigenvalue weighted by Crippen LogP contribution is -2.30. The number of halogens is 3. The lowest BCUT2D eigenvalue weighted by molar-refractivity contribution is -0.385. The van der Waals surface area contributed by atoms with E-state index in [1.54, 1.807) is 67.6 Å². The molecule has 0 aliphatic rings. The Morgan fingerprint density at radius 3 is 2.18 bits per heavy atom. The van der Waals surface area contributed by atoms with E-state index in [4.69, 9.17) is 0 Å². The number of alkyl halides is 3. The summed E-state index contributed by atoms with van der Waals surface area (Å²) in [5, 5.41) is 18.5. The third-order valence-electron chi connectivity index (χ3n) is 6.21. The summed E-state index contributed by atoms with van der Waals surface area (Å²) in [5.41, 5.74) is -0.660. The van der Waals surface area contributed by atoms with Crippen LogP contribution in [0.2, 0.25) is 0 Å². The quantitative estimate of drug-likeness (QED) is 0.0736. The van der Waals surface area contributed by atoms with Crippen molar-refractivity contribution in [2.75, 3.05) is 10.6 Å². The standard InChI is InChI=1S/C32H25F3N4O5S/c1-20(29(40)37-25-12-7-11-23(19-25)32(33,34)35)45-26-16-14-24(15-17-26)36-31(42)27(38-30(41)21-8-3-2-4-9-21)18-22-10-5-6-13-28(22)39(43)44/h2-20H,1H3,(H,36,42)(H,37,40)(H,38,41)/b27-18-. The van der Waals surface area contributed by atoms with Gasteiger partial charge in [0, 0.05) is 27.9 Å². The molecular weight excluding hydrogens is 609 g/mol. The number of nitro benzene ring substituents is 1. The molecule has 0 radical (unpaired) electrons. The van der Waals surface area contributed by atoms with Crippen LogP contribution in [0, 0.1) is 10.1 Å². The molecule has 3 N–H and O–H groups in total. The highest BCUT2D eigenvalue weighted by Crippen LogP contribution is 2.31.